The predicted octanol–water partition coefficient (Wildman–Crippen LogP) is 5.06. The lowest BCUT2D eigenvalue weighted by Gasteiger charge is -2.14. The lowest BCUT2D eigenvalue weighted by molar-refractivity contribution is 0.267. The largest absolute Gasteiger partial charge is 0.490 e. The summed E-state index contributed by atoms with van der Waals surface area (Å²) in [5.74, 6) is 1.18. The maximum Gasteiger partial charge on any atom is 0.175 e. The van der Waals surface area contributed by atoms with E-state index in [1.807, 2.05) is 31.2 Å². The summed E-state index contributed by atoms with van der Waals surface area (Å²) in [7, 11) is 0. The van der Waals surface area contributed by atoms with Crippen molar-refractivity contribution in [2.75, 3.05) is 6.61 Å². The molecule has 0 aliphatic heterocycles. The average molecular weight is 411 g/mol. The highest BCUT2D eigenvalue weighted by Gasteiger charge is 2.12. The molecule has 21 heavy (non-hydrogen) atoms. The van der Waals surface area contributed by atoms with Gasteiger partial charge in [0.15, 0.2) is 11.5 Å². The van der Waals surface area contributed by atoms with E-state index in [1.165, 1.54) is 0 Å². The zero-order valence-corrected chi connectivity index (χ0v) is 14.6. The molecule has 0 radical (unpaired) electrons. The fourth-order valence-electron chi connectivity index (χ4n) is 1.82. The second-order valence-electron chi connectivity index (χ2n) is 4.25. The first kappa shape index (κ1) is 15.9. The van der Waals surface area contributed by atoms with E-state index >= 15 is 0 Å². The average Bonchev–Trinajstić information content (AvgIpc) is 2.46. The van der Waals surface area contributed by atoms with Crippen molar-refractivity contribution in [3.05, 3.63) is 56.5 Å². The van der Waals surface area contributed by atoms with E-state index in [1.54, 1.807) is 12.1 Å². The fourth-order valence-corrected chi connectivity index (χ4v) is 2.82. The van der Waals surface area contributed by atoms with Crippen LogP contribution in [0.1, 0.15) is 18.1 Å². The Balaban J connectivity index is 2.24. The number of hydrogen-bond donors (Lipinski definition) is 0. The second-order valence-corrected chi connectivity index (χ2v) is 6.02. The minimum absolute atomic E-state index is 0.421. The van der Waals surface area contributed by atoms with Crippen LogP contribution in [0.25, 0.3) is 0 Å². The topological polar surface area (TPSA) is 42.2 Å². The van der Waals surface area contributed by atoms with Crippen molar-refractivity contribution in [2.45, 2.75) is 13.5 Å². The van der Waals surface area contributed by atoms with E-state index in [4.69, 9.17) is 14.7 Å². The third-order valence-electron chi connectivity index (χ3n) is 2.71. The molecule has 0 spiro atoms. The van der Waals surface area contributed by atoms with Crippen LogP contribution in [-0.4, -0.2) is 6.61 Å². The van der Waals surface area contributed by atoms with Gasteiger partial charge in [0, 0.05) is 10.5 Å². The molecule has 0 atom stereocenters. The summed E-state index contributed by atoms with van der Waals surface area (Å²) < 4.78 is 13.1. The van der Waals surface area contributed by atoms with Crippen LogP contribution >= 0.6 is 31.9 Å². The Kier molecular flexibility index (Phi) is 5.66. The Labute approximate surface area is 140 Å². The Morgan fingerprint density at radius 3 is 2.62 bits per heavy atom. The molecule has 0 amide bonds. The number of rotatable bonds is 5. The smallest absolute Gasteiger partial charge is 0.175 e. The van der Waals surface area contributed by atoms with Crippen molar-refractivity contribution in [3.8, 4) is 17.6 Å². The van der Waals surface area contributed by atoms with E-state index in [0.29, 0.717) is 34.7 Å². The minimum Gasteiger partial charge on any atom is -0.490 e. The SMILES string of the molecule is CCOc1cc(C#N)cc(Br)c1OCc1cccc(Br)c1. The molecule has 0 aliphatic rings. The van der Waals surface area contributed by atoms with Gasteiger partial charge in [0.1, 0.15) is 6.61 Å². The van der Waals surface area contributed by atoms with Gasteiger partial charge in [-0.25, -0.2) is 0 Å². The Morgan fingerprint density at radius 2 is 1.95 bits per heavy atom. The lowest BCUT2D eigenvalue weighted by atomic mass is 10.2. The first-order valence-electron chi connectivity index (χ1n) is 6.37. The molecular weight excluding hydrogens is 398 g/mol. The normalized spacial score (nSPS) is 10.0. The first-order valence-corrected chi connectivity index (χ1v) is 7.96. The number of nitriles is 1. The van der Waals surface area contributed by atoms with Crippen molar-refractivity contribution < 1.29 is 9.47 Å². The molecule has 2 aromatic carbocycles. The predicted molar refractivity (Wildman–Crippen MR) is 88.5 cm³/mol. The van der Waals surface area contributed by atoms with Gasteiger partial charge in [0.25, 0.3) is 0 Å². The molecule has 0 bridgehead atoms. The van der Waals surface area contributed by atoms with Gasteiger partial charge in [-0.15, -0.1) is 0 Å². The monoisotopic (exact) mass is 409 g/mol. The van der Waals surface area contributed by atoms with Crippen LogP contribution in [0.4, 0.5) is 0 Å². The van der Waals surface area contributed by atoms with E-state index < -0.39 is 0 Å². The van der Waals surface area contributed by atoms with Crippen molar-refractivity contribution in [3.63, 3.8) is 0 Å². The van der Waals surface area contributed by atoms with Gasteiger partial charge in [0.05, 0.1) is 22.7 Å². The highest BCUT2D eigenvalue weighted by molar-refractivity contribution is 9.10. The summed E-state index contributed by atoms with van der Waals surface area (Å²) in [6.45, 7) is 2.82. The van der Waals surface area contributed by atoms with Crippen LogP contribution in [0.3, 0.4) is 0 Å². The van der Waals surface area contributed by atoms with E-state index in [-0.39, 0.29) is 0 Å². The van der Waals surface area contributed by atoms with Gasteiger partial charge in [-0.1, -0.05) is 28.1 Å². The fraction of sp³-hybridized carbons (Fsp3) is 0.188. The van der Waals surface area contributed by atoms with Crippen LogP contribution in [-0.2, 0) is 6.61 Å². The van der Waals surface area contributed by atoms with Crippen molar-refractivity contribution >= 4 is 31.9 Å². The quantitative estimate of drug-likeness (QED) is 0.691. The minimum atomic E-state index is 0.421. The molecule has 0 saturated heterocycles. The number of ether oxygens (including phenoxy) is 2. The highest BCUT2D eigenvalue weighted by Crippen LogP contribution is 2.37. The van der Waals surface area contributed by atoms with Crippen molar-refractivity contribution in [1.82, 2.24) is 0 Å². The second kappa shape index (κ2) is 7.48. The molecule has 108 valence electrons. The van der Waals surface area contributed by atoms with Gasteiger partial charge >= 0.3 is 0 Å². The number of benzene rings is 2. The molecule has 0 aromatic heterocycles. The summed E-state index contributed by atoms with van der Waals surface area (Å²) in [6, 6.07) is 13.4. The van der Waals surface area contributed by atoms with Gasteiger partial charge in [0.2, 0.25) is 0 Å². The Morgan fingerprint density at radius 1 is 1.14 bits per heavy atom. The van der Waals surface area contributed by atoms with Crippen molar-refractivity contribution in [2.24, 2.45) is 0 Å². The Bertz CT molecular complexity index is 680. The van der Waals surface area contributed by atoms with Gasteiger partial charge in [-0.05, 0) is 46.6 Å². The van der Waals surface area contributed by atoms with Gasteiger partial charge in [-0.3, -0.25) is 0 Å². The molecule has 2 rings (SSSR count). The third-order valence-corrected chi connectivity index (χ3v) is 3.79. The van der Waals surface area contributed by atoms with Gasteiger partial charge < -0.3 is 9.47 Å². The maximum absolute atomic E-state index is 9.01. The number of nitrogens with zero attached hydrogens (tertiary/aromatic N) is 1. The molecule has 2 aromatic rings. The van der Waals surface area contributed by atoms with Crippen LogP contribution in [0.5, 0.6) is 11.5 Å². The zero-order chi connectivity index (χ0) is 15.2. The first-order chi connectivity index (χ1) is 10.1. The summed E-state index contributed by atoms with van der Waals surface area (Å²) in [4.78, 5) is 0. The molecule has 0 aliphatic carbocycles. The van der Waals surface area contributed by atoms with Crippen molar-refractivity contribution in [1.29, 1.82) is 5.26 Å². The lowest BCUT2D eigenvalue weighted by Crippen LogP contribution is -2.01. The van der Waals surface area contributed by atoms with E-state index in [9.17, 15) is 0 Å². The van der Waals surface area contributed by atoms with E-state index in [0.717, 1.165) is 10.0 Å². The third kappa shape index (κ3) is 4.23. The summed E-state index contributed by atoms with van der Waals surface area (Å²) in [5, 5.41) is 9.01. The summed E-state index contributed by atoms with van der Waals surface area (Å²) in [5.41, 5.74) is 1.57. The zero-order valence-electron chi connectivity index (χ0n) is 11.4. The maximum atomic E-state index is 9.01. The number of hydrogen-bond acceptors (Lipinski definition) is 3. The molecule has 0 unspecified atom stereocenters. The molecule has 5 heteroatoms. The van der Waals surface area contributed by atoms with Crippen LogP contribution in [0.2, 0.25) is 0 Å². The summed E-state index contributed by atoms with van der Waals surface area (Å²) in [6.07, 6.45) is 0. The number of halogens is 2. The molecular formula is C16H13Br2NO2. The molecule has 0 saturated carbocycles. The van der Waals surface area contributed by atoms with Crippen LogP contribution in [0, 0.1) is 11.3 Å². The standard InChI is InChI=1S/C16H13Br2NO2/c1-2-20-15-8-12(9-19)7-14(18)16(15)21-10-11-4-3-5-13(17)6-11/h3-8H,2,10H2,1H3. The Hall–Kier alpha value is -1.51. The summed E-state index contributed by atoms with van der Waals surface area (Å²) >= 11 is 6.87. The molecule has 0 N–H and O–H groups in total. The highest BCUT2D eigenvalue weighted by atomic mass is 79.9. The van der Waals surface area contributed by atoms with Crippen LogP contribution < -0.4 is 9.47 Å². The van der Waals surface area contributed by atoms with Gasteiger partial charge in [-0.2, -0.15) is 5.26 Å². The van der Waals surface area contributed by atoms with E-state index in [2.05, 4.69) is 37.9 Å². The van der Waals surface area contributed by atoms with Crippen LogP contribution in [0.15, 0.2) is 45.3 Å². The molecule has 0 fully saturated rings. The molecule has 3 nitrogen and oxygen atoms in total. The molecule has 0 heterocycles.